The fourth-order valence-electron chi connectivity index (χ4n) is 3.27. The maximum atomic E-state index is 12.7. The lowest BCUT2D eigenvalue weighted by Gasteiger charge is -2.23. The molecule has 0 aliphatic rings. The quantitative estimate of drug-likeness (QED) is 0.654. The highest BCUT2D eigenvalue weighted by Crippen LogP contribution is 2.16. The summed E-state index contributed by atoms with van der Waals surface area (Å²) < 4.78 is 1.74. The van der Waals surface area contributed by atoms with Gasteiger partial charge in [-0.2, -0.15) is 5.10 Å². The molecule has 6 heteroatoms. The lowest BCUT2D eigenvalue weighted by atomic mass is 10.2. The summed E-state index contributed by atoms with van der Waals surface area (Å²) in [5.74, 6) is 0.620. The minimum Gasteiger partial charge on any atom is -0.370 e. The maximum absolute atomic E-state index is 12.7. The van der Waals surface area contributed by atoms with Crippen LogP contribution in [0.3, 0.4) is 0 Å². The van der Waals surface area contributed by atoms with Crippen LogP contribution in [0.15, 0.2) is 54.9 Å². The van der Waals surface area contributed by atoms with Crippen molar-refractivity contribution < 1.29 is 4.79 Å². The lowest BCUT2D eigenvalue weighted by molar-refractivity contribution is 0.0953. The van der Waals surface area contributed by atoms with Crippen LogP contribution in [0.1, 0.15) is 35.5 Å². The fraction of sp³-hybridized carbons (Fsp3) is 0.318. The highest BCUT2D eigenvalue weighted by atomic mass is 16.1. The molecule has 0 bridgehead atoms. The zero-order chi connectivity index (χ0) is 19.9. The SMILES string of the molecule is CCc1c(C(=O)NCCN(CC)c2cccc(C)c2)cnn1-c1ccccn1. The van der Waals surface area contributed by atoms with Crippen molar-refractivity contribution in [3.05, 3.63) is 71.7 Å². The third-order valence-electron chi connectivity index (χ3n) is 4.73. The van der Waals surface area contributed by atoms with Crippen molar-refractivity contribution >= 4 is 11.6 Å². The number of hydrogen-bond donors (Lipinski definition) is 1. The van der Waals surface area contributed by atoms with E-state index in [1.165, 1.54) is 11.3 Å². The molecule has 3 aromatic rings. The molecular weight excluding hydrogens is 350 g/mol. The number of aryl methyl sites for hydroxylation is 1. The highest BCUT2D eigenvalue weighted by Gasteiger charge is 2.17. The average molecular weight is 377 g/mol. The zero-order valence-corrected chi connectivity index (χ0v) is 16.7. The number of pyridine rings is 1. The van der Waals surface area contributed by atoms with Crippen molar-refractivity contribution in [1.82, 2.24) is 20.1 Å². The van der Waals surface area contributed by atoms with Gasteiger partial charge in [-0.05, 0) is 50.1 Å². The van der Waals surface area contributed by atoms with E-state index in [-0.39, 0.29) is 5.91 Å². The molecule has 1 aromatic carbocycles. The molecule has 6 nitrogen and oxygen atoms in total. The molecule has 0 spiro atoms. The summed E-state index contributed by atoms with van der Waals surface area (Å²) in [6.45, 7) is 8.43. The Balaban J connectivity index is 1.66. The molecule has 1 amide bonds. The number of carbonyl (C=O) groups excluding carboxylic acids is 1. The van der Waals surface area contributed by atoms with E-state index in [1.807, 2.05) is 25.1 Å². The predicted molar refractivity (Wildman–Crippen MR) is 112 cm³/mol. The van der Waals surface area contributed by atoms with Gasteiger partial charge in [0.15, 0.2) is 5.82 Å². The van der Waals surface area contributed by atoms with Crippen LogP contribution in [0.25, 0.3) is 5.82 Å². The van der Waals surface area contributed by atoms with Gasteiger partial charge in [-0.3, -0.25) is 4.79 Å². The third-order valence-corrected chi connectivity index (χ3v) is 4.73. The van der Waals surface area contributed by atoms with Crippen molar-refractivity contribution in [2.45, 2.75) is 27.2 Å². The largest absolute Gasteiger partial charge is 0.370 e. The van der Waals surface area contributed by atoms with Crippen LogP contribution < -0.4 is 10.2 Å². The second-order valence-corrected chi connectivity index (χ2v) is 6.63. The number of anilines is 1. The van der Waals surface area contributed by atoms with Crippen LogP contribution in [0, 0.1) is 6.92 Å². The summed E-state index contributed by atoms with van der Waals surface area (Å²) in [4.78, 5) is 19.3. The van der Waals surface area contributed by atoms with E-state index in [9.17, 15) is 4.79 Å². The Kier molecular flexibility index (Phi) is 6.42. The standard InChI is InChI=1S/C22H27N5O/c1-4-20-19(16-25-27(20)21-11-6-7-12-23-21)22(28)24-13-14-26(5-2)18-10-8-9-17(3)15-18/h6-12,15-16H,4-5,13-14H2,1-3H3,(H,24,28). The molecular formula is C22H27N5O. The number of likely N-dealkylation sites (N-methyl/N-ethyl adjacent to an activating group) is 1. The molecule has 1 N–H and O–H groups in total. The Morgan fingerprint density at radius 1 is 1.18 bits per heavy atom. The van der Waals surface area contributed by atoms with Gasteiger partial charge >= 0.3 is 0 Å². The summed E-state index contributed by atoms with van der Waals surface area (Å²) in [6.07, 6.45) is 4.05. The normalized spacial score (nSPS) is 10.7. The number of nitrogens with zero attached hydrogens (tertiary/aromatic N) is 4. The molecule has 0 radical (unpaired) electrons. The molecule has 0 aliphatic carbocycles. The van der Waals surface area contributed by atoms with Gasteiger partial charge in [0.05, 0.1) is 17.5 Å². The minimum absolute atomic E-state index is 0.0978. The minimum atomic E-state index is -0.0978. The summed E-state index contributed by atoms with van der Waals surface area (Å²) >= 11 is 0. The second kappa shape index (κ2) is 9.17. The van der Waals surface area contributed by atoms with Crippen molar-refractivity contribution in [2.75, 3.05) is 24.5 Å². The molecule has 0 aliphatic heterocycles. The summed E-state index contributed by atoms with van der Waals surface area (Å²) in [7, 11) is 0. The zero-order valence-electron chi connectivity index (χ0n) is 16.7. The van der Waals surface area contributed by atoms with E-state index in [2.05, 4.69) is 58.4 Å². The first-order valence-electron chi connectivity index (χ1n) is 9.72. The van der Waals surface area contributed by atoms with Gasteiger partial charge in [0.1, 0.15) is 0 Å². The van der Waals surface area contributed by atoms with Gasteiger partial charge in [0.2, 0.25) is 0 Å². The molecule has 28 heavy (non-hydrogen) atoms. The Bertz CT molecular complexity index is 920. The smallest absolute Gasteiger partial charge is 0.254 e. The van der Waals surface area contributed by atoms with Gasteiger partial charge in [-0.15, -0.1) is 0 Å². The van der Waals surface area contributed by atoms with Crippen LogP contribution in [0.2, 0.25) is 0 Å². The summed E-state index contributed by atoms with van der Waals surface area (Å²) in [5.41, 5.74) is 3.87. The molecule has 3 rings (SSSR count). The first kappa shape index (κ1) is 19.6. The topological polar surface area (TPSA) is 63.1 Å². The van der Waals surface area contributed by atoms with E-state index in [0.29, 0.717) is 18.5 Å². The van der Waals surface area contributed by atoms with E-state index in [1.54, 1.807) is 17.1 Å². The van der Waals surface area contributed by atoms with E-state index < -0.39 is 0 Å². The fourth-order valence-corrected chi connectivity index (χ4v) is 3.27. The molecule has 0 fully saturated rings. The van der Waals surface area contributed by atoms with Gasteiger partial charge in [-0.1, -0.05) is 25.1 Å². The second-order valence-electron chi connectivity index (χ2n) is 6.63. The van der Waals surface area contributed by atoms with Crippen LogP contribution in [-0.2, 0) is 6.42 Å². The molecule has 0 unspecified atom stereocenters. The third kappa shape index (κ3) is 4.39. The number of hydrogen-bond acceptors (Lipinski definition) is 4. The number of benzene rings is 1. The van der Waals surface area contributed by atoms with Crippen molar-refractivity contribution in [1.29, 1.82) is 0 Å². The van der Waals surface area contributed by atoms with Crippen LogP contribution in [0.4, 0.5) is 5.69 Å². The van der Waals surface area contributed by atoms with E-state index in [4.69, 9.17) is 0 Å². The van der Waals surface area contributed by atoms with Gasteiger partial charge in [-0.25, -0.2) is 9.67 Å². The maximum Gasteiger partial charge on any atom is 0.254 e. The molecule has 146 valence electrons. The average Bonchev–Trinajstić information content (AvgIpc) is 3.16. The Morgan fingerprint density at radius 3 is 2.71 bits per heavy atom. The van der Waals surface area contributed by atoms with Crippen LogP contribution in [-0.4, -0.2) is 40.3 Å². The molecule has 0 atom stereocenters. The predicted octanol–water partition coefficient (Wildman–Crippen LogP) is 3.39. The summed E-state index contributed by atoms with van der Waals surface area (Å²) in [6, 6.07) is 14.1. The number of nitrogens with one attached hydrogen (secondary N) is 1. The van der Waals surface area contributed by atoms with Crippen molar-refractivity contribution in [3.63, 3.8) is 0 Å². The Morgan fingerprint density at radius 2 is 2.04 bits per heavy atom. The van der Waals surface area contributed by atoms with Crippen LogP contribution >= 0.6 is 0 Å². The van der Waals surface area contributed by atoms with Gasteiger partial charge < -0.3 is 10.2 Å². The molecule has 2 heterocycles. The lowest BCUT2D eigenvalue weighted by Crippen LogP contribution is -2.35. The first-order valence-corrected chi connectivity index (χ1v) is 9.72. The van der Waals surface area contributed by atoms with Crippen LogP contribution in [0.5, 0.6) is 0 Å². The van der Waals surface area contributed by atoms with Gasteiger partial charge in [0, 0.05) is 31.5 Å². The molecule has 2 aromatic heterocycles. The number of amides is 1. The van der Waals surface area contributed by atoms with Crippen molar-refractivity contribution in [3.8, 4) is 5.82 Å². The number of carbonyl (C=O) groups is 1. The Labute approximate surface area is 166 Å². The van der Waals surface area contributed by atoms with Crippen molar-refractivity contribution in [2.24, 2.45) is 0 Å². The summed E-state index contributed by atoms with van der Waals surface area (Å²) in [5, 5.41) is 7.41. The molecule has 0 saturated heterocycles. The molecule has 0 saturated carbocycles. The number of aromatic nitrogens is 3. The number of rotatable bonds is 8. The van der Waals surface area contributed by atoms with Gasteiger partial charge in [0.25, 0.3) is 5.91 Å². The Hall–Kier alpha value is -3.15. The highest BCUT2D eigenvalue weighted by molar-refractivity contribution is 5.95. The monoisotopic (exact) mass is 377 g/mol. The first-order chi connectivity index (χ1) is 13.6. The van der Waals surface area contributed by atoms with E-state index >= 15 is 0 Å². The van der Waals surface area contributed by atoms with E-state index in [0.717, 1.165) is 24.6 Å².